The molecule has 0 aliphatic carbocycles. The van der Waals surface area contributed by atoms with Gasteiger partial charge in [0.1, 0.15) is 11.6 Å². The van der Waals surface area contributed by atoms with Gasteiger partial charge in [-0.3, -0.25) is 4.79 Å². The molecule has 180 valence electrons. The molecule has 1 aliphatic rings. The number of anilines is 2. The molecule has 1 heterocycles. The summed E-state index contributed by atoms with van der Waals surface area (Å²) in [5.74, 6) is 0.300. The van der Waals surface area contributed by atoms with Gasteiger partial charge in [-0.25, -0.2) is 4.39 Å². The van der Waals surface area contributed by atoms with Crippen LogP contribution in [0, 0.1) is 5.82 Å². The maximum absolute atomic E-state index is 15.2. The van der Waals surface area contributed by atoms with Crippen LogP contribution in [0.1, 0.15) is 57.3 Å². The summed E-state index contributed by atoms with van der Waals surface area (Å²) >= 11 is 0. The molecule has 3 rings (SSSR count). The van der Waals surface area contributed by atoms with Crippen molar-refractivity contribution in [3.63, 3.8) is 0 Å². The quantitative estimate of drug-likeness (QED) is 0.462. The molecular weight excluding hydrogens is 417 g/mol. The highest BCUT2D eigenvalue weighted by Crippen LogP contribution is 2.33. The summed E-state index contributed by atoms with van der Waals surface area (Å²) < 4.78 is 20.9. The van der Waals surface area contributed by atoms with Gasteiger partial charge < -0.3 is 19.4 Å². The highest BCUT2D eigenvalue weighted by Gasteiger charge is 2.36. The normalized spacial score (nSPS) is 18.3. The molecule has 0 bridgehead atoms. The third-order valence-electron chi connectivity index (χ3n) is 6.68. The second kappa shape index (κ2) is 10.6. The van der Waals surface area contributed by atoms with Crippen LogP contribution in [0.15, 0.2) is 42.5 Å². The van der Waals surface area contributed by atoms with E-state index in [2.05, 4.69) is 37.7 Å². The van der Waals surface area contributed by atoms with Crippen LogP contribution in [0.2, 0.25) is 0 Å². The summed E-state index contributed by atoms with van der Waals surface area (Å²) in [4.78, 5) is 19.3. The van der Waals surface area contributed by atoms with E-state index in [0.29, 0.717) is 23.5 Å². The molecule has 1 aliphatic heterocycles. The molecular formula is C27H38FN3O2. The lowest BCUT2D eigenvalue weighted by atomic mass is 10.0. The van der Waals surface area contributed by atoms with Gasteiger partial charge >= 0.3 is 0 Å². The molecule has 0 saturated carbocycles. The smallest absolute Gasteiger partial charge is 0.258 e. The Kier molecular flexibility index (Phi) is 8.01. The number of carbonyl (C=O) groups is 1. The van der Waals surface area contributed by atoms with Gasteiger partial charge in [-0.2, -0.15) is 0 Å². The summed E-state index contributed by atoms with van der Waals surface area (Å²) in [6.07, 6.45) is 3.05. The van der Waals surface area contributed by atoms with Gasteiger partial charge in [-0.05, 0) is 90.2 Å². The SMILES string of the molecule is CCCCOc1ccc(C(=O)N(c2ccc(N3CCC(C)(N(C)C)C3)c(F)c2)C(C)C)cc1. The van der Waals surface area contributed by atoms with E-state index in [0.717, 1.165) is 38.1 Å². The predicted molar refractivity (Wildman–Crippen MR) is 134 cm³/mol. The van der Waals surface area contributed by atoms with Gasteiger partial charge in [0.2, 0.25) is 0 Å². The Morgan fingerprint density at radius 3 is 2.42 bits per heavy atom. The lowest BCUT2D eigenvalue weighted by Crippen LogP contribution is -2.43. The summed E-state index contributed by atoms with van der Waals surface area (Å²) in [5, 5.41) is 0. The first kappa shape index (κ1) is 25.0. The number of hydrogen-bond acceptors (Lipinski definition) is 4. The fourth-order valence-corrected chi connectivity index (χ4v) is 4.23. The number of likely N-dealkylation sites (N-methyl/N-ethyl adjacent to an activating group) is 1. The largest absolute Gasteiger partial charge is 0.494 e. The zero-order chi connectivity index (χ0) is 24.2. The molecule has 1 atom stereocenters. The Morgan fingerprint density at radius 2 is 1.88 bits per heavy atom. The molecule has 0 radical (unpaired) electrons. The van der Waals surface area contributed by atoms with Crippen molar-refractivity contribution in [2.45, 2.75) is 58.5 Å². The van der Waals surface area contributed by atoms with Crippen molar-refractivity contribution in [2.24, 2.45) is 0 Å². The van der Waals surface area contributed by atoms with E-state index in [4.69, 9.17) is 4.74 Å². The standard InChI is InChI=1S/C27H38FN3O2/c1-7-8-17-33-23-12-9-21(10-13-23)26(32)31(20(2)3)22-11-14-25(24(28)18-22)30-16-15-27(4,19-30)29(5)6/h9-14,18,20H,7-8,15-17,19H2,1-6H3. The number of unbranched alkanes of at least 4 members (excludes halogenated alkanes) is 1. The topological polar surface area (TPSA) is 36.0 Å². The van der Waals surface area contributed by atoms with Gasteiger partial charge in [0, 0.05) is 35.9 Å². The number of hydrogen-bond donors (Lipinski definition) is 0. The van der Waals surface area contributed by atoms with Crippen LogP contribution in [0.4, 0.5) is 15.8 Å². The van der Waals surface area contributed by atoms with Gasteiger partial charge in [0.15, 0.2) is 0 Å². The number of benzene rings is 2. The first-order chi connectivity index (χ1) is 15.7. The van der Waals surface area contributed by atoms with Crippen LogP contribution < -0.4 is 14.5 Å². The molecule has 0 N–H and O–H groups in total. The van der Waals surface area contributed by atoms with E-state index in [9.17, 15) is 4.79 Å². The number of rotatable bonds is 9. The van der Waals surface area contributed by atoms with Gasteiger partial charge in [0.25, 0.3) is 5.91 Å². The lowest BCUT2D eigenvalue weighted by molar-refractivity contribution is 0.0980. The molecule has 6 heteroatoms. The molecule has 1 amide bonds. The maximum Gasteiger partial charge on any atom is 0.258 e. The van der Waals surface area contributed by atoms with Crippen molar-refractivity contribution >= 4 is 17.3 Å². The van der Waals surface area contributed by atoms with Crippen molar-refractivity contribution in [3.05, 3.63) is 53.8 Å². The monoisotopic (exact) mass is 455 g/mol. The Hall–Kier alpha value is -2.60. The van der Waals surface area contributed by atoms with E-state index >= 15 is 4.39 Å². The zero-order valence-corrected chi connectivity index (χ0v) is 20.9. The second-order valence-corrected chi connectivity index (χ2v) is 9.69. The minimum atomic E-state index is -0.298. The molecule has 2 aromatic carbocycles. The van der Waals surface area contributed by atoms with E-state index in [1.807, 2.05) is 32.0 Å². The number of halogens is 1. The summed E-state index contributed by atoms with van der Waals surface area (Å²) in [7, 11) is 4.14. The zero-order valence-electron chi connectivity index (χ0n) is 20.9. The molecule has 0 spiro atoms. The average molecular weight is 456 g/mol. The van der Waals surface area contributed by atoms with Crippen molar-refractivity contribution in [1.82, 2.24) is 4.90 Å². The van der Waals surface area contributed by atoms with Crippen molar-refractivity contribution in [3.8, 4) is 5.75 Å². The maximum atomic E-state index is 15.2. The van der Waals surface area contributed by atoms with E-state index in [1.54, 1.807) is 23.1 Å². The Labute approximate surface area is 198 Å². The van der Waals surface area contributed by atoms with E-state index in [1.165, 1.54) is 6.07 Å². The average Bonchev–Trinajstić information content (AvgIpc) is 3.17. The van der Waals surface area contributed by atoms with Gasteiger partial charge in [0.05, 0.1) is 12.3 Å². The fourth-order valence-electron chi connectivity index (χ4n) is 4.23. The van der Waals surface area contributed by atoms with Crippen LogP contribution in [0.25, 0.3) is 0 Å². The second-order valence-electron chi connectivity index (χ2n) is 9.69. The third-order valence-corrected chi connectivity index (χ3v) is 6.68. The van der Waals surface area contributed by atoms with E-state index < -0.39 is 0 Å². The number of ether oxygens (including phenoxy) is 1. The molecule has 0 aromatic heterocycles. The van der Waals surface area contributed by atoms with Gasteiger partial charge in [-0.15, -0.1) is 0 Å². The first-order valence-electron chi connectivity index (χ1n) is 11.9. The molecule has 33 heavy (non-hydrogen) atoms. The minimum absolute atomic E-state index is 0.0253. The fraction of sp³-hybridized carbons (Fsp3) is 0.519. The molecule has 5 nitrogen and oxygen atoms in total. The van der Waals surface area contributed by atoms with Crippen molar-refractivity contribution in [1.29, 1.82) is 0 Å². The molecule has 1 saturated heterocycles. The van der Waals surface area contributed by atoms with Crippen LogP contribution in [0.5, 0.6) is 5.75 Å². The molecule has 1 unspecified atom stereocenters. The summed E-state index contributed by atoms with van der Waals surface area (Å²) in [6, 6.07) is 12.2. The van der Waals surface area contributed by atoms with Crippen molar-refractivity contribution in [2.75, 3.05) is 43.6 Å². The highest BCUT2D eigenvalue weighted by molar-refractivity contribution is 6.06. The number of carbonyl (C=O) groups excluding carboxylic acids is 1. The Morgan fingerprint density at radius 1 is 1.18 bits per heavy atom. The van der Waals surface area contributed by atoms with Crippen LogP contribution in [0.3, 0.4) is 0 Å². The number of amides is 1. The number of nitrogens with zero attached hydrogens (tertiary/aromatic N) is 3. The van der Waals surface area contributed by atoms with Crippen molar-refractivity contribution < 1.29 is 13.9 Å². The Bertz CT molecular complexity index is 945. The molecule has 1 fully saturated rings. The van der Waals surface area contributed by atoms with Gasteiger partial charge in [-0.1, -0.05) is 13.3 Å². The predicted octanol–water partition coefficient (Wildman–Crippen LogP) is 5.59. The molecule has 2 aromatic rings. The van der Waals surface area contributed by atoms with E-state index in [-0.39, 0.29) is 23.3 Å². The first-order valence-corrected chi connectivity index (χ1v) is 11.9. The highest BCUT2D eigenvalue weighted by atomic mass is 19.1. The Balaban J connectivity index is 1.78. The summed E-state index contributed by atoms with van der Waals surface area (Å²) in [5.41, 5.74) is 1.73. The minimum Gasteiger partial charge on any atom is -0.494 e. The van der Waals surface area contributed by atoms with Crippen LogP contribution >= 0.6 is 0 Å². The summed E-state index contributed by atoms with van der Waals surface area (Å²) in [6.45, 7) is 10.5. The lowest BCUT2D eigenvalue weighted by Gasteiger charge is -2.33. The van der Waals surface area contributed by atoms with Crippen LogP contribution in [-0.4, -0.2) is 56.2 Å². The van der Waals surface area contributed by atoms with Crippen LogP contribution in [-0.2, 0) is 0 Å². The third kappa shape index (κ3) is 5.67.